The molecule has 2 aromatic heterocycles. The summed E-state index contributed by atoms with van der Waals surface area (Å²) in [6.07, 6.45) is 5.80. The molecule has 0 saturated carbocycles. The maximum absolute atomic E-state index is 6.05. The number of nitrogens with zero attached hydrogens (tertiary/aromatic N) is 5. The van der Waals surface area contributed by atoms with Gasteiger partial charge in [-0.25, -0.2) is 0 Å². The molecule has 0 unspecified atom stereocenters. The quantitative estimate of drug-likeness (QED) is 0.650. The maximum atomic E-state index is 6.05. The van der Waals surface area contributed by atoms with Crippen LogP contribution in [0.3, 0.4) is 0 Å². The lowest BCUT2D eigenvalue weighted by Crippen LogP contribution is -2.39. The summed E-state index contributed by atoms with van der Waals surface area (Å²) in [6.45, 7) is 7.14. The van der Waals surface area contributed by atoms with Gasteiger partial charge in [0, 0.05) is 38.7 Å². The molecule has 23 heavy (non-hydrogen) atoms. The number of halogens is 1. The van der Waals surface area contributed by atoms with Crippen LogP contribution >= 0.6 is 11.6 Å². The predicted molar refractivity (Wildman–Crippen MR) is 94.8 cm³/mol. The number of rotatable bonds is 6. The number of aromatic nitrogens is 3. The van der Waals surface area contributed by atoms with Crippen LogP contribution in [0.1, 0.15) is 18.2 Å². The first-order valence-electron chi connectivity index (χ1n) is 7.79. The molecule has 126 valence electrons. The van der Waals surface area contributed by atoms with Crippen molar-refractivity contribution in [1.82, 2.24) is 24.6 Å². The van der Waals surface area contributed by atoms with Crippen LogP contribution in [-0.2, 0) is 20.1 Å². The second-order valence-electron chi connectivity index (χ2n) is 5.63. The predicted octanol–water partition coefficient (Wildman–Crippen LogP) is 2.28. The summed E-state index contributed by atoms with van der Waals surface area (Å²) in [5, 5.41) is 8.36. The van der Waals surface area contributed by atoms with Crippen LogP contribution < -0.4 is 5.32 Å². The van der Waals surface area contributed by atoms with Gasteiger partial charge < -0.3 is 14.8 Å². The molecule has 0 aliphatic carbocycles. The molecule has 2 rings (SSSR count). The van der Waals surface area contributed by atoms with E-state index in [0.717, 1.165) is 36.3 Å². The first-order chi connectivity index (χ1) is 11.0. The van der Waals surface area contributed by atoms with Crippen LogP contribution in [-0.4, -0.2) is 45.3 Å². The minimum atomic E-state index is 0.682. The largest absolute Gasteiger partial charge is 0.357 e. The molecular formula is C16H25ClN6. The van der Waals surface area contributed by atoms with Crippen molar-refractivity contribution in [2.75, 3.05) is 20.1 Å². The molecule has 0 amide bonds. The number of guanidine groups is 1. The fourth-order valence-corrected chi connectivity index (χ4v) is 2.63. The van der Waals surface area contributed by atoms with E-state index in [1.807, 2.05) is 54.9 Å². The highest BCUT2D eigenvalue weighted by Crippen LogP contribution is 2.14. The Hall–Kier alpha value is -1.95. The first kappa shape index (κ1) is 17.4. The van der Waals surface area contributed by atoms with Crippen molar-refractivity contribution in [1.29, 1.82) is 0 Å². The van der Waals surface area contributed by atoms with Gasteiger partial charge in [0.2, 0.25) is 0 Å². The number of hydrogen-bond donors (Lipinski definition) is 1. The molecule has 2 aromatic rings. The lowest BCUT2D eigenvalue weighted by molar-refractivity contribution is 0.460. The molecular weight excluding hydrogens is 312 g/mol. The Morgan fingerprint density at radius 1 is 1.43 bits per heavy atom. The van der Waals surface area contributed by atoms with Crippen LogP contribution in [0.15, 0.2) is 29.6 Å². The fourth-order valence-electron chi connectivity index (χ4n) is 2.36. The van der Waals surface area contributed by atoms with E-state index in [1.165, 1.54) is 5.56 Å². The van der Waals surface area contributed by atoms with Crippen LogP contribution in [0.2, 0.25) is 5.02 Å². The van der Waals surface area contributed by atoms with Crippen LogP contribution in [0.25, 0.3) is 0 Å². The average Bonchev–Trinajstić information content (AvgIpc) is 3.03. The third kappa shape index (κ3) is 5.03. The Morgan fingerprint density at radius 3 is 2.78 bits per heavy atom. The van der Waals surface area contributed by atoms with Crippen LogP contribution in [0, 0.1) is 6.92 Å². The number of hydrogen-bond acceptors (Lipinski definition) is 2. The molecule has 0 radical (unpaired) electrons. The van der Waals surface area contributed by atoms with E-state index in [9.17, 15) is 0 Å². The van der Waals surface area contributed by atoms with Gasteiger partial charge in [-0.1, -0.05) is 11.6 Å². The van der Waals surface area contributed by atoms with Crippen molar-refractivity contribution >= 4 is 17.6 Å². The molecule has 6 nitrogen and oxygen atoms in total. The topological polar surface area (TPSA) is 50.4 Å². The number of nitrogens with one attached hydrogen (secondary N) is 1. The standard InChI is InChI=1S/C16H25ClN6/c1-5-18-16(19-6-7-23-10-13(2)9-20-23)22(4)12-15-8-14(17)11-21(15)3/h8-11H,5-7,12H2,1-4H3,(H,18,19). The Balaban J connectivity index is 1.98. The summed E-state index contributed by atoms with van der Waals surface area (Å²) in [5.74, 6) is 0.883. The highest BCUT2D eigenvalue weighted by atomic mass is 35.5. The minimum Gasteiger partial charge on any atom is -0.357 e. The van der Waals surface area contributed by atoms with Crippen molar-refractivity contribution in [3.63, 3.8) is 0 Å². The summed E-state index contributed by atoms with van der Waals surface area (Å²) in [7, 11) is 4.03. The molecule has 0 fully saturated rings. The van der Waals surface area contributed by atoms with Crippen molar-refractivity contribution in [3.8, 4) is 0 Å². The van der Waals surface area contributed by atoms with Crippen molar-refractivity contribution < 1.29 is 0 Å². The molecule has 2 heterocycles. The third-order valence-electron chi connectivity index (χ3n) is 3.52. The summed E-state index contributed by atoms with van der Waals surface area (Å²) < 4.78 is 3.95. The molecule has 0 saturated heterocycles. The van der Waals surface area contributed by atoms with E-state index in [2.05, 4.69) is 27.2 Å². The van der Waals surface area contributed by atoms with E-state index in [0.29, 0.717) is 6.54 Å². The summed E-state index contributed by atoms with van der Waals surface area (Å²) >= 11 is 6.05. The molecule has 0 atom stereocenters. The van der Waals surface area contributed by atoms with Gasteiger partial charge in [-0.15, -0.1) is 0 Å². The second kappa shape index (κ2) is 8.06. The van der Waals surface area contributed by atoms with Gasteiger partial charge in [-0.05, 0) is 25.5 Å². The average molecular weight is 337 g/mol. The minimum absolute atomic E-state index is 0.682. The molecule has 0 spiro atoms. The van der Waals surface area contributed by atoms with Crippen LogP contribution in [0.5, 0.6) is 0 Å². The molecule has 0 aliphatic rings. The zero-order valence-corrected chi connectivity index (χ0v) is 15.0. The molecule has 7 heteroatoms. The highest BCUT2D eigenvalue weighted by Gasteiger charge is 2.09. The monoisotopic (exact) mass is 336 g/mol. The molecule has 0 bridgehead atoms. The van der Waals surface area contributed by atoms with Crippen molar-refractivity contribution in [2.24, 2.45) is 12.0 Å². The summed E-state index contributed by atoms with van der Waals surface area (Å²) in [5.41, 5.74) is 2.31. The van der Waals surface area contributed by atoms with Gasteiger partial charge in [0.05, 0.1) is 30.9 Å². The van der Waals surface area contributed by atoms with E-state index in [4.69, 9.17) is 11.6 Å². The van der Waals surface area contributed by atoms with Crippen molar-refractivity contribution in [2.45, 2.75) is 26.9 Å². The zero-order chi connectivity index (χ0) is 16.8. The normalized spacial score (nSPS) is 11.8. The Morgan fingerprint density at radius 2 is 2.22 bits per heavy atom. The smallest absolute Gasteiger partial charge is 0.194 e. The van der Waals surface area contributed by atoms with Gasteiger partial charge >= 0.3 is 0 Å². The van der Waals surface area contributed by atoms with Gasteiger partial charge in [-0.2, -0.15) is 5.10 Å². The molecule has 0 aromatic carbocycles. The third-order valence-corrected chi connectivity index (χ3v) is 3.73. The number of aliphatic imine (C=N–C) groups is 1. The van der Waals surface area contributed by atoms with E-state index >= 15 is 0 Å². The fraction of sp³-hybridized carbons (Fsp3) is 0.500. The Kier molecular flexibility index (Phi) is 6.10. The summed E-state index contributed by atoms with van der Waals surface area (Å²) in [4.78, 5) is 6.78. The molecule has 0 aliphatic heterocycles. The lowest BCUT2D eigenvalue weighted by atomic mass is 10.4. The Labute approximate surface area is 142 Å². The van der Waals surface area contributed by atoms with Crippen LogP contribution in [0.4, 0.5) is 0 Å². The van der Waals surface area contributed by atoms with Crippen molar-refractivity contribution in [3.05, 3.63) is 40.9 Å². The molecule has 1 N–H and O–H groups in total. The first-order valence-corrected chi connectivity index (χ1v) is 8.16. The SMILES string of the molecule is CCNC(=NCCn1cc(C)cn1)N(C)Cc1cc(Cl)cn1C. The summed E-state index contributed by atoms with van der Waals surface area (Å²) in [6, 6.07) is 1.98. The van der Waals surface area contributed by atoms with E-state index in [1.54, 1.807) is 0 Å². The van der Waals surface area contributed by atoms with Gasteiger partial charge in [0.15, 0.2) is 5.96 Å². The van der Waals surface area contributed by atoms with Gasteiger partial charge in [0.25, 0.3) is 0 Å². The highest BCUT2D eigenvalue weighted by molar-refractivity contribution is 6.30. The van der Waals surface area contributed by atoms with Gasteiger partial charge in [0.1, 0.15) is 0 Å². The van der Waals surface area contributed by atoms with E-state index in [-0.39, 0.29) is 0 Å². The number of aryl methyl sites for hydroxylation is 2. The van der Waals surface area contributed by atoms with E-state index < -0.39 is 0 Å². The zero-order valence-electron chi connectivity index (χ0n) is 14.3. The van der Waals surface area contributed by atoms with Gasteiger partial charge in [-0.3, -0.25) is 9.67 Å². The second-order valence-corrected chi connectivity index (χ2v) is 6.07. The maximum Gasteiger partial charge on any atom is 0.194 e. The lowest BCUT2D eigenvalue weighted by Gasteiger charge is -2.22. The Bertz CT molecular complexity index is 657.